The van der Waals surface area contributed by atoms with Gasteiger partial charge in [0.15, 0.2) is 0 Å². The molecule has 25 heteroatoms. The van der Waals surface area contributed by atoms with Gasteiger partial charge in [0.05, 0.1) is 0 Å². The van der Waals surface area contributed by atoms with Crippen molar-refractivity contribution in [2.24, 2.45) is 0 Å². The third-order valence-electron chi connectivity index (χ3n) is 5.47. The fourth-order valence-electron chi connectivity index (χ4n) is 3.22. The van der Waals surface area contributed by atoms with Gasteiger partial charge in [-0.05, 0) is 0 Å². The summed E-state index contributed by atoms with van der Waals surface area (Å²) < 4.78 is 327. The van der Waals surface area contributed by atoms with Gasteiger partial charge in [-0.25, -0.2) is 39.9 Å². The van der Waals surface area contributed by atoms with Crippen molar-refractivity contribution in [3.05, 3.63) is 0 Å². The number of halogens is 24. The summed E-state index contributed by atoms with van der Waals surface area (Å²) in [5.74, 6) is -14.4. The number of hydrogen-bond donors (Lipinski definition) is 0. The minimum absolute atomic E-state index is 0.506. The molecule has 0 saturated heterocycles. The fraction of sp³-hybridized carbons (Fsp3) is 1.00. The molecule has 0 aromatic rings. The lowest BCUT2D eigenvalue weighted by Gasteiger charge is -2.50. The van der Waals surface area contributed by atoms with E-state index in [1.165, 1.54) is 0 Å². The highest BCUT2D eigenvalue weighted by Gasteiger charge is 2.99. The molecule has 248 valence electrons. The topological polar surface area (TPSA) is 9.23 Å². The van der Waals surface area contributed by atoms with Gasteiger partial charge >= 0.3 is 59.6 Å². The molecule has 0 N–H and O–H groups in total. The molecular weight excluding hydrogens is 664 g/mol. The Morgan fingerprint density at radius 1 is 0.317 bits per heavy atom. The molecule has 0 aliphatic carbocycles. The zero-order valence-corrected chi connectivity index (χ0v) is 18.9. The molecule has 0 bridgehead atoms. The van der Waals surface area contributed by atoms with Crippen LogP contribution in [0.1, 0.15) is 26.7 Å². The molecule has 0 heterocycles. The fourth-order valence-corrected chi connectivity index (χ4v) is 3.22. The molecule has 41 heavy (non-hydrogen) atoms. The van der Waals surface area contributed by atoms with Gasteiger partial charge in [-0.2, -0.15) is 70.2 Å². The molecule has 4 atom stereocenters. The standard InChI is InChI=1S/C16H10F24O/c1-3-5(17,18)7(21,11(25,26)27)9(23,13(31,32)33)15(37,38)41-16(39,40)10(24,14(34,35)36)8(22,12(28,29)30)6(19,20)4-2/h3-4H2,1-2H3. The summed E-state index contributed by atoms with van der Waals surface area (Å²) in [6.45, 7) is -1.01. The van der Waals surface area contributed by atoms with Crippen molar-refractivity contribution in [1.29, 1.82) is 0 Å². The molecule has 0 radical (unpaired) electrons. The predicted molar refractivity (Wildman–Crippen MR) is 81.0 cm³/mol. The highest BCUT2D eigenvalue weighted by molar-refractivity contribution is 5.23. The first-order valence-electron chi connectivity index (χ1n) is 9.57. The van der Waals surface area contributed by atoms with Crippen LogP contribution in [0.5, 0.6) is 0 Å². The van der Waals surface area contributed by atoms with Gasteiger partial charge in [-0.1, -0.05) is 13.8 Å². The van der Waals surface area contributed by atoms with Crippen LogP contribution in [-0.4, -0.2) is 71.4 Å². The van der Waals surface area contributed by atoms with Crippen LogP contribution < -0.4 is 0 Å². The van der Waals surface area contributed by atoms with Gasteiger partial charge < -0.3 is 0 Å². The zero-order chi connectivity index (χ0) is 34.1. The molecule has 0 aromatic heterocycles. The molecule has 0 spiro atoms. The van der Waals surface area contributed by atoms with Crippen molar-refractivity contribution < 1.29 is 110 Å². The first kappa shape index (κ1) is 39.3. The van der Waals surface area contributed by atoms with E-state index in [0.29, 0.717) is 0 Å². The van der Waals surface area contributed by atoms with Crippen molar-refractivity contribution >= 4 is 0 Å². The molecule has 4 unspecified atom stereocenters. The smallest absolute Gasteiger partial charge is 0.249 e. The Balaban J connectivity index is 8.10. The number of rotatable bonds is 10. The summed E-state index contributed by atoms with van der Waals surface area (Å²) in [4.78, 5) is 0. The maximum Gasteiger partial charge on any atom is 0.435 e. The summed E-state index contributed by atoms with van der Waals surface area (Å²) in [5, 5.41) is 0. The van der Waals surface area contributed by atoms with E-state index in [0.717, 1.165) is 4.74 Å². The Bertz CT molecular complexity index is 852. The molecule has 1 nitrogen and oxygen atoms in total. The highest BCUT2D eigenvalue weighted by Crippen LogP contribution is 2.68. The molecule has 0 amide bonds. The third kappa shape index (κ3) is 5.01. The van der Waals surface area contributed by atoms with E-state index in [1.54, 1.807) is 0 Å². The number of alkyl halides is 24. The normalized spacial score (nSPS) is 21.5. The number of ether oxygens (including phenoxy) is 1. The molecule has 0 saturated carbocycles. The van der Waals surface area contributed by atoms with E-state index in [-0.39, 0.29) is 0 Å². The van der Waals surface area contributed by atoms with Gasteiger partial charge in [0.25, 0.3) is 11.8 Å². The predicted octanol–water partition coefficient (Wildman–Crippen LogP) is 9.36. The average molecular weight is 674 g/mol. The Morgan fingerprint density at radius 2 is 0.488 bits per heavy atom. The van der Waals surface area contributed by atoms with Crippen molar-refractivity contribution in [2.45, 2.75) is 98.1 Å². The van der Waals surface area contributed by atoms with Crippen LogP contribution in [0.25, 0.3) is 0 Å². The highest BCUT2D eigenvalue weighted by atomic mass is 19.4. The monoisotopic (exact) mass is 674 g/mol. The minimum atomic E-state index is -9.16. The van der Waals surface area contributed by atoms with Gasteiger partial charge in [0.2, 0.25) is 0 Å². The Kier molecular flexibility index (Phi) is 9.49. The van der Waals surface area contributed by atoms with E-state index in [2.05, 4.69) is 0 Å². The lowest BCUT2D eigenvalue weighted by atomic mass is 9.76. The van der Waals surface area contributed by atoms with Crippen molar-refractivity contribution in [3.63, 3.8) is 0 Å². The second-order valence-corrected chi connectivity index (χ2v) is 7.88. The quantitative estimate of drug-likeness (QED) is 0.210. The van der Waals surface area contributed by atoms with E-state index in [9.17, 15) is 105 Å². The third-order valence-corrected chi connectivity index (χ3v) is 5.47. The maximum absolute atomic E-state index is 14.6. The Hall–Kier alpha value is -1.72. The molecule has 0 aliphatic rings. The summed E-state index contributed by atoms with van der Waals surface area (Å²) in [6.07, 6.45) is -58.6. The Labute approximate surface area is 209 Å². The van der Waals surface area contributed by atoms with Crippen molar-refractivity contribution in [3.8, 4) is 0 Å². The van der Waals surface area contributed by atoms with Gasteiger partial charge in [0, 0.05) is 12.8 Å². The van der Waals surface area contributed by atoms with Gasteiger partial charge in [-0.15, -0.1) is 0 Å². The molecule has 0 aliphatic heterocycles. The van der Waals surface area contributed by atoms with E-state index >= 15 is 0 Å². The van der Waals surface area contributed by atoms with Crippen LogP contribution in [0, 0.1) is 0 Å². The van der Waals surface area contributed by atoms with E-state index < -0.39 is 98.1 Å². The van der Waals surface area contributed by atoms with Crippen LogP contribution in [0.15, 0.2) is 0 Å². The van der Waals surface area contributed by atoms with Crippen molar-refractivity contribution in [1.82, 2.24) is 0 Å². The Morgan fingerprint density at radius 3 is 0.610 bits per heavy atom. The van der Waals surface area contributed by atoms with Crippen LogP contribution in [0.3, 0.4) is 0 Å². The van der Waals surface area contributed by atoms with Crippen LogP contribution >= 0.6 is 0 Å². The van der Waals surface area contributed by atoms with Gasteiger partial charge in [-0.3, -0.25) is 0 Å². The first-order valence-corrected chi connectivity index (χ1v) is 9.57. The SMILES string of the molecule is CCC(F)(F)C(F)(C(F)(F)F)C(F)(C(F)(F)F)C(F)(F)OC(F)(F)C(F)(C(F)(F)F)C(F)(C(F)(F)F)C(F)(F)CC. The first-order chi connectivity index (χ1) is 17.3. The summed E-state index contributed by atoms with van der Waals surface area (Å²) in [6, 6.07) is 0. The lowest BCUT2D eigenvalue weighted by molar-refractivity contribution is -0.533. The number of hydrogen-bond acceptors (Lipinski definition) is 1. The van der Waals surface area contributed by atoms with Crippen LogP contribution in [0.4, 0.5) is 105 Å². The lowest BCUT2D eigenvalue weighted by Crippen LogP contribution is -2.81. The van der Waals surface area contributed by atoms with E-state index in [1.807, 2.05) is 0 Å². The van der Waals surface area contributed by atoms with Crippen LogP contribution in [0.2, 0.25) is 0 Å². The molecular formula is C16H10F24O. The summed E-state index contributed by atoms with van der Waals surface area (Å²) in [5.41, 5.74) is -35.6. The van der Waals surface area contributed by atoms with E-state index in [4.69, 9.17) is 0 Å². The summed E-state index contributed by atoms with van der Waals surface area (Å²) in [7, 11) is 0. The minimum Gasteiger partial charge on any atom is -0.249 e. The second kappa shape index (κ2) is 9.91. The second-order valence-electron chi connectivity index (χ2n) is 7.88. The maximum atomic E-state index is 14.6. The largest absolute Gasteiger partial charge is 0.435 e. The molecule has 0 fully saturated rings. The molecule has 0 rings (SSSR count). The molecule has 0 aromatic carbocycles. The average Bonchev–Trinajstić information content (AvgIpc) is 2.72. The van der Waals surface area contributed by atoms with Crippen molar-refractivity contribution in [2.75, 3.05) is 0 Å². The summed E-state index contributed by atoms with van der Waals surface area (Å²) >= 11 is 0. The van der Waals surface area contributed by atoms with Crippen LogP contribution in [-0.2, 0) is 4.74 Å². The zero-order valence-electron chi connectivity index (χ0n) is 18.9. The van der Waals surface area contributed by atoms with Gasteiger partial charge in [0.1, 0.15) is 0 Å².